The number of carboxylic acids is 1. The second kappa shape index (κ2) is 3.42. The number of rotatable bonds is 3. The summed E-state index contributed by atoms with van der Waals surface area (Å²) in [6.45, 7) is 2.94. The maximum absolute atomic E-state index is 10.1. The van der Waals surface area contributed by atoms with E-state index in [1.165, 1.54) is 13.8 Å². The lowest BCUT2D eigenvalue weighted by Gasteiger charge is -2.10. The molecule has 0 aliphatic heterocycles. The number of carbonyl (C=O) groups is 1. The molecule has 0 saturated heterocycles. The SMILES string of the molecule is CC(O)NC(C)C(=O)O. The van der Waals surface area contributed by atoms with Crippen LogP contribution in [-0.2, 0) is 4.79 Å². The highest BCUT2D eigenvalue weighted by molar-refractivity contribution is 5.72. The number of aliphatic carboxylic acids is 1. The van der Waals surface area contributed by atoms with Crippen molar-refractivity contribution in [2.45, 2.75) is 26.1 Å². The lowest BCUT2D eigenvalue weighted by atomic mass is 10.3. The van der Waals surface area contributed by atoms with Crippen molar-refractivity contribution in [3.8, 4) is 0 Å². The van der Waals surface area contributed by atoms with E-state index in [1.807, 2.05) is 0 Å². The summed E-state index contributed by atoms with van der Waals surface area (Å²) in [4.78, 5) is 10.1. The Kier molecular flexibility index (Phi) is 3.19. The molecule has 0 aliphatic carbocycles. The van der Waals surface area contributed by atoms with Crippen LogP contribution >= 0.6 is 0 Å². The Balaban J connectivity index is 3.50. The van der Waals surface area contributed by atoms with Gasteiger partial charge in [-0.1, -0.05) is 0 Å². The quantitative estimate of drug-likeness (QED) is 0.449. The third kappa shape index (κ3) is 3.93. The van der Waals surface area contributed by atoms with Gasteiger partial charge in [-0.25, -0.2) is 0 Å². The Morgan fingerprint density at radius 3 is 2.11 bits per heavy atom. The number of aliphatic hydroxyl groups is 1. The first-order chi connectivity index (χ1) is 4.04. The van der Waals surface area contributed by atoms with Gasteiger partial charge in [0.1, 0.15) is 12.3 Å². The molecule has 2 atom stereocenters. The molecule has 0 rings (SSSR count). The van der Waals surface area contributed by atoms with Gasteiger partial charge in [0.2, 0.25) is 0 Å². The molecule has 0 spiro atoms. The van der Waals surface area contributed by atoms with Crippen LogP contribution in [0, 0.1) is 0 Å². The molecule has 0 saturated carbocycles. The number of carboxylic acid groups (broad SMARTS) is 1. The Morgan fingerprint density at radius 2 is 2.00 bits per heavy atom. The van der Waals surface area contributed by atoms with Gasteiger partial charge in [0, 0.05) is 0 Å². The topological polar surface area (TPSA) is 69.6 Å². The first kappa shape index (κ1) is 8.39. The molecule has 0 aliphatic rings. The molecule has 0 heterocycles. The van der Waals surface area contributed by atoms with Crippen LogP contribution in [0.3, 0.4) is 0 Å². The molecule has 2 unspecified atom stereocenters. The van der Waals surface area contributed by atoms with Crippen LogP contribution < -0.4 is 5.32 Å². The van der Waals surface area contributed by atoms with E-state index in [4.69, 9.17) is 10.2 Å². The van der Waals surface area contributed by atoms with Crippen molar-refractivity contribution in [2.75, 3.05) is 0 Å². The normalized spacial score (nSPS) is 16.8. The molecule has 3 N–H and O–H groups in total. The van der Waals surface area contributed by atoms with Gasteiger partial charge in [0.15, 0.2) is 0 Å². The predicted octanol–water partition coefficient (Wildman–Crippen LogP) is -0.613. The molecule has 54 valence electrons. The largest absolute Gasteiger partial charge is 0.480 e. The van der Waals surface area contributed by atoms with E-state index in [0.29, 0.717) is 0 Å². The summed E-state index contributed by atoms with van der Waals surface area (Å²) in [6.07, 6.45) is -0.768. The molecule has 0 aromatic heterocycles. The summed E-state index contributed by atoms with van der Waals surface area (Å²) < 4.78 is 0. The van der Waals surface area contributed by atoms with Gasteiger partial charge < -0.3 is 10.2 Å². The van der Waals surface area contributed by atoms with Gasteiger partial charge in [-0.15, -0.1) is 0 Å². The molecule has 4 nitrogen and oxygen atoms in total. The van der Waals surface area contributed by atoms with Gasteiger partial charge in [-0.2, -0.15) is 0 Å². The molecule has 9 heavy (non-hydrogen) atoms. The zero-order valence-electron chi connectivity index (χ0n) is 5.46. The molecule has 0 amide bonds. The van der Waals surface area contributed by atoms with Crippen LogP contribution in [0.1, 0.15) is 13.8 Å². The minimum atomic E-state index is -0.962. The fourth-order valence-electron chi connectivity index (χ4n) is 0.433. The molecule has 0 fully saturated rings. The summed E-state index contributed by atoms with van der Waals surface area (Å²) in [5, 5.41) is 19.3. The minimum Gasteiger partial charge on any atom is -0.480 e. The summed E-state index contributed by atoms with van der Waals surface area (Å²) >= 11 is 0. The lowest BCUT2D eigenvalue weighted by Crippen LogP contribution is -2.39. The van der Waals surface area contributed by atoms with Crippen LogP contribution in [0.4, 0.5) is 0 Å². The number of nitrogens with one attached hydrogen (secondary N) is 1. The van der Waals surface area contributed by atoms with E-state index in [9.17, 15) is 4.79 Å². The van der Waals surface area contributed by atoms with E-state index in [-0.39, 0.29) is 0 Å². The van der Waals surface area contributed by atoms with E-state index >= 15 is 0 Å². The van der Waals surface area contributed by atoms with E-state index in [0.717, 1.165) is 0 Å². The maximum Gasteiger partial charge on any atom is 0.320 e. The Morgan fingerprint density at radius 1 is 1.56 bits per heavy atom. The summed E-state index contributed by atoms with van der Waals surface area (Å²) in [6, 6.07) is -0.690. The highest BCUT2D eigenvalue weighted by Gasteiger charge is 2.10. The average molecular weight is 133 g/mol. The predicted molar refractivity (Wildman–Crippen MR) is 31.9 cm³/mol. The zero-order chi connectivity index (χ0) is 7.44. The van der Waals surface area contributed by atoms with Crippen LogP contribution in [0.2, 0.25) is 0 Å². The lowest BCUT2D eigenvalue weighted by molar-refractivity contribution is -0.139. The molecular weight excluding hydrogens is 122 g/mol. The molecule has 0 radical (unpaired) electrons. The summed E-state index contributed by atoms with van der Waals surface area (Å²) in [7, 11) is 0. The van der Waals surface area contributed by atoms with E-state index in [2.05, 4.69) is 5.32 Å². The second-order valence-electron chi connectivity index (χ2n) is 1.90. The highest BCUT2D eigenvalue weighted by Crippen LogP contribution is 1.82. The zero-order valence-corrected chi connectivity index (χ0v) is 5.46. The minimum absolute atomic E-state index is 0.690. The van der Waals surface area contributed by atoms with Crippen molar-refractivity contribution in [1.82, 2.24) is 5.32 Å². The molecule has 0 bridgehead atoms. The van der Waals surface area contributed by atoms with Gasteiger partial charge in [0.05, 0.1) is 0 Å². The Hall–Kier alpha value is -0.610. The van der Waals surface area contributed by atoms with Crippen molar-refractivity contribution >= 4 is 5.97 Å². The summed E-state index contributed by atoms with van der Waals surface area (Å²) in [5.74, 6) is -0.962. The van der Waals surface area contributed by atoms with Crippen LogP contribution in [0.5, 0.6) is 0 Å². The number of aliphatic hydroxyl groups excluding tert-OH is 1. The highest BCUT2D eigenvalue weighted by atomic mass is 16.4. The van der Waals surface area contributed by atoms with Crippen LogP contribution in [0.15, 0.2) is 0 Å². The molecular formula is C5H11NO3. The third-order valence-electron chi connectivity index (χ3n) is 0.862. The van der Waals surface area contributed by atoms with E-state index < -0.39 is 18.2 Å². The Bertz CT molecular complexity index is 102. The van der Waals surface area contributed by atoms with Crippen molar-refractivity contribution in [3.05, 3.63) is 0 Å². The van der Waals surface area contributed by atoms with Gasteiger partial charge in [0.25, 0.3) is 0 Å². The van der Waals surface area contributed by atoms with Gasteiger partial charge in [-0.05, 0) is 13.8 Å². The molecule has 4 heteroatoms. The molecule has 0 aromatic rings. The number of hydrogen-bond acceptors (Lipinski definition) is 3. The van der Waals surface area contributed by atoms with Crippen molar-refractivity contribution in [3.63, 3.8) is 0 Å². The monoisotopic (exact) mass is 133 g/mol. The second-order valence-corrected chi connectivity index (χ2v) is 1.90. The fourth-order valence-corrected chi connectivity index (χ4v) is 0.433. The maximum atomic E-state index is 10.1. The van der Waals surface area contributed by atoms with Crippen LogP contribution in [-0.4, -0.2) is 28.5 Å². The van der Waals surface area contributed by atoms with Crippen molar-refractivity contribution < 1.29 is 15.0 Å². The Labute approximate surface area is 53.5 Å². The van der Waals surface area contributed by atoms with Gasteiger partial charge in [-0.3, -0.25) is 10.1 Å². The van der Waals surface area contributed by atoms with Crippen LogP contribution in [0.25, 0.3) is 0 Å². The fraction of sp³-hybridized carbons (Fsp3) is 0.800. The van der Waals surface area contributed by atoms with Crippen molar-refractivity contribution in [2.24, 2.45) is 0 Å². The third-order valence-corrected chi connectivity index (χ3v) is 0.862. The average Bonchev–Trinajstić information content (AvgIpc) is 1.63. The first-order valence-corrected chi connectivity index (χ1v) is 2.71. The standard InChI is InChI=1S/C5H11NO3/c1-3(5(8)9)6-4(2)7/h3-4,6-7H,1-2H3,(H,8,9). The summed E-state index contributed by atoms with van der Waals surface area (Å²) in [5.41, 5.74) is 0. The van der Waals surface area contributed by atoms with Gasteiger partial charge >= 0.3 is 5.97 Å². The number of hydrogen-bond donors (Lipinski definition) is 3. The smallest absolute Gasteiger partial charge is 0.320 e. The van der Waals surface area contributed by atoms with E-state index in [1.54, 1.807) is 0 Å². The first-order valence-electron chi connectivity index (χ1n) is 2.71. The molecule has 0 aromatic carbocycles. The van der Waals surface area contributed by atoms with Crippen molar-refractivity contribution in [1.29, 1.82) is 0 Å².